The summed E-state index contributed by atoms with van der Waals surface area (Å²) in [5.74, 6) is -0.00777. The molecule has 1 aromatic carbocycles. The summed E-state index contributed by atoms with van der Waals surface area (Å²) < 4.78 is 28.2. The smallest absolute Gasteiger partial charge is 0.277 e. The van der Waals surface area contributed by atoms with E-state index in [-0.39, 0.29) is 24.9 Å². The SMILES string of the molecule is CC(C)NS(=O)(=O)NCCC(=O)N1CCN(Cc2ccccc2)CC1. The number of hydrogen-bond acceptors (Lipinski definition) is 4. The third kappa shape index (κ3) is 7.11. The van der Waals surface area contributed by atoms with E-state index in [1.54, 1.807) is 13.8 Å². The van der Waals surface area contributed by atoms with Gasteiger partial charge in [-0.25, -0.2) is 4.72 Å². The Bertz CT molecular complexity index is 641. The molecule has 140 valence electrons. The number of nitrogens with zero attached hydrogens (tertiary/aromatic N) is 2. The van der Waals surface area contributed by atoms with Gasteiger partial charge in [-0.2, -0.15) is 13.1 Å². The van der Waals surface area contributed by atoms with E-state index in [0.717, 1.165) is 19.6 Å². The standard InChI is InChI=1S/C17H28N4O3S/c1-15(2)19-25(23,24)18-9-8-17(22)21-12-10-20(11-13-21)14-16-6-4-3-5-7-16/h3-7,15,18-19H,8-14H2,1-2H3. The van der Waals surface area contributed by atoms with Crippen LogP contribution in [0.2, 0.25) is 0 Å². The van der Waals surface area contributed by atoms with Gasteiger partial charge in [-0.15, -0.1) is 0 Å². The highest BCUT2D eigenvalue weighted by Crippen LogP contribution is 2.09. The number of carbonyl (C=O) groups is 1. The largest absolute Gasteiger partial charge is 0.340 e. The van der Waals surface area contributed by atoms with Crippen molar-refractivity contribution in [2.24, 2.45) is 0 Å². The molecule has 0 radical (unpaired) electrons. The third-order valence-corrected chi connectivity index (χ3v) is 5.36. The quantitative estimate of drug-likeness (QED) is 0.702. The Morgan fingerprint density at radius 1 is 1.12 bits per heavy atom. The van der Waals surface area contributed by atoms with Crippen LogP contribution in [0.25, 0.3) is 0 Å². The summed E-state index contributed by atoms with van der Waals surface area (Å²) in [5.41, 5.74) is 1.27. The molecular weight excluding hydrogens is 340 g/mol. The molecule has 7 nitrogen and oxygen atoms in total. The lowest BCUT2D eigenvalue weighted by Crippen LogP contribution is -2.49. The molecule has 1 heterocycles. The molecule has 0 saturated carbocycles. The van der Waals surface area contributed by atoms with Gasteiger partial charge in [0.05, 0.1) is 0 Å². The maximum Gasteiger partial charge on any atom is 0.277 e. The fourth-order valence-electron chi connectivity index (χ4n) is 2.80. The molecule has 2 rings (SSSR count). The van der Waals surface area contributed by atoms with Crippen LogP contribution in [0.4, 0.5) is 0 Å². The molecule has 0 atom stereocenters. The van der Waals surface area contributed by atoms with E-state index in [4.69, 9.17) is 0 Å². The first kappa shape index (κ1) is 19.8. The zero-order chi connectivity index (χ0) is 18.3. The van der Waals surface area contributed by atoms with Crippen molar-refractivity contribution in [2.45, 2.75) is 32.9 Å². The van der Waals surface area contributed by atoms with E-state index in [1.165, 1.54) is 5.56 Å². The van der Waals surface area contributed by atoms with Gasteiger partial charge < -0.3 is 4.90 Å². The van der Waals surface area contributed by atoms with Gasteiger partial charge in [0.1, 0.15) is 0 Å². The number of amides is 1. The minimum atomic E-state index is -3.53. The van der Waals surface area contributed by atoms with Crippen molar-refractivity contribution in [3.63, 3.8) is 0 Å². The first-order chi connectivity index (χ1) is 11.9. The van der Waals surface area contributed by atoms with E-state index in [2.05, 4.69) is 26.5 Å². The minimum absolute atomic E-state index is 0.00777. The molecular formula is C17H28N4O3S. The summed E-state index contributed by atoms with van der Waals surface area (Å²) in [6.07, 6.45) is 0.178. The number of rotatable bonds is 8. The van der Waals surface area contributed by atoms with Crippen molar-refractivity contribution >= 4 is 16.1 Å². The van der Waals surface area contributed by atoms with E-state index in [0.29, 0.717) is 13.1 Å². The lowest BCUT2D eigenvalue weighted by atomic mass is 10.2. The van der Waals surface area contributed by atoms with Crippen LogP contribution in [0.3, 0.4) is 0 Å². The van der Waals surface area contributed by atoms with E-state index in [9.17, 15) is 13.2 Å². The molecule has 1 aliphatic heterocycles. The predicted molar refractivity (Wildman–Crippen MR) is 98.1 cm³/mol. The first-order valence-corrected chi connectivity index (χ1v) is 10.1. The average molecular weight is 369 g/mol. The van der Waals surface area contributed by atoms with Crippen LogP contribution in [0.15, 0.2) is 30.3 Å². The number of nitrogens with one attached hydrogen (secondary N) is 2. The van der Waals surface area contributed by atoms with Crippen LogP contribution in [0.1, 0.15) is 25.8 Å². The van der Waals surface area contributed by atoms with Gasteiger partial charge in [-0.1, -0.05) is 30.3 Å². The van der Waals surface area contributed by atoms with Crippen LogP contribution in [-0.2, 0) is 21.5 Å². The first-order valence-electron chi connectivity index (χ1n) is 8.67. The molecule has 2 N–H and O–H groups in total. The fraction of sp³-hybridized carbons (Fsp3) is 0.588. The highest BCUT2D eigenvalue weighted by atomic mass is 32.2. The Balaban J connectivity index is 1.69. The topological polar surface area (TPSA) is 81.8 Å². The zero-order valence-corrected chi connectivity index (χ0v) is 15.8. The number of carbonyl (C=O) groups excluding carboxylic acids is 1. The summed E-state index contributed by atoms with van der Waals surface area (Å²) in [6, 6.07) is 10.1. The summed E-state index contributed by atoms with van der Waals surface area (Å²) in [4.78, 5) is 16.4. The normalized spacial score (nSPS) is 16.4. The predicted octanol–water partition coefficient (Wildman–Crippen LogP) is 0.553. The molecule has 25 heavy (non-hydrogen) atoms. The van der Waals surface area contributed by atoms with Crippen LogP contribution < -0.4 is 9.44 Å². The van der Waals surface area contributed by atoms with Crippen molar-refractivity contribution in [1.29, 1.82) is 0 Å². The highest BCUT2D eigenvalue weighted by molar-refractivity contribution is 7.87. The van der Waals surface area contributed by atoms with E-state index >= 15 is 0 Å². The van der Waals surface area contributed by atoms with Crippen molar-refractivity contribution in [1.82, 2.24) is 19.2 Å². The maximum atomic E-state index is 12.2. The van der Waals surface area contributed by atoms with Gasteiger partial charge in [0, 0.05) is 51.7 Å². The molecule has 0 bridgehead atoms. The van der Waals surface area contributed by atoms with Gasteiger partial charge in [0.25, 0.3) is 10.2 Å². The van der Waals surface area contributed by atoms with Crippen LogP contribution in [-0.4, -0.2) is 62.9 Å². The minimum Gasteiger partial charge on any atom is -0.340 e. The maximum absolute atomic E-state index is 12.2. The highest BCUT2D eigenvalue weighted by Gasteiger charge is 2.21. The Hall–Kier alpha value is -1.48. The van der Waals surface area contributed by atoms with Crippen molar-refractivity contribution in [3.8, 4) is 0 Å². The summed E-state index contributed by atoms with van der Waals surface area (Å²) in [6.45, 7) is 7.54. The molecule has 0 spiro atoms. The van der Waals surface area contributed by atoms with Gasteiger partial charge >= 0.3 is 0 Å². The molecule has 1 fully saturated rings. The van der Waals surface area contributed by atoms with Gasteiger partial charge in [0.15, 0.2) is 0 Å². The Morgan fingerprint density at radius 3 is 2.36 bits per heavy atom. The molecule has 1 aliphatic rings. The average Bonchev–Trinajstić information content (AvgIpc) is 2.55. The van der Waals surface area contributed by atoms with Gasteiger partial charge in [-0.3, -0.25) is 9.69 Å². The lowest BCUT2D eigenvalue weighted by Gasteiger charge is -2.34. The van der Waals surface area contributed by atoms with E-state index in [1.807, 2.05) is 23.1 Å². The summed E-state index contributed by atoms with van der Waals surface area (Å²) >= 11 is 0. The Labute approximate surface area is 150 Å². The summed E-state index contributed by atoms with van der Waals surface area (Å²) in [7, 11) is -3.53. The molecule has 0 aromatic heterocycles. The zero-order valence-electron chi connectivity index (χ0n) is 14.9. The molecule has 0 aliphatic carbocycles. The second kappa shape index (κ2) is 9.28. The lowest BCUT2D eigenvalue weighted by molar-refractivity contribution is -0.132. The van der Waals surface area contributed by atoms with Crippen molar-refractivity contribution in [3.05, 3.63) is 35.9 Å². The molecule has 8 heteroatoms. The number of benzene rings is 1. The molecule has 1 amide bonds. The fourth-order valence-corrected chi connectivity index (χ4v) is 3.87. The van der Waals surface area contributed by atoms with Crippen LogP contribution in [0.5, 0.6) is 0 Å². The van der Waals surface area contributed by atoms with Gasteiger partial charge in [-0.05, 0) is 19.4 Å². The molecule has 0 unspecified atom stereocenters. The molecule has 1 aromatic rings. The number of hydrogen-bond donors (Lipinski definition) is 2. The second-order valence-corrected chi connectivity index (χ2v) is 8.09. The van der Waals surface area contributed by atoms with Crippen molar-refractivity contribution in [2.75, 3.05) is 32.7 Å². The monoisotopic (exact) mass is 368 g/mol. The number of piperazine rings is 1. The van der Waals surface area contributed by atoms with Gasteiger partial charge in [0.2, 0.25) is 5.91 Å². The van der Waals surface area contributed by atoms with Crippen LogP contribution in [0, 0.1) is 0 Å². The summed E-state index contributed by atoms with van der Waals surface area (Å²) in [5, 5.41) is 0. The van der Waals surface area contributed by atoms with Crippen LogP contribution >= 0.6 is 0 Å². The Morgan fingerprint density at radius 2 is 1.76 bits per heavy atom. The van der Waals surface area contributed by atoms with Crippen molar-refractivity contribution < 1.29 is 13.2 Å². The Kier molecular flexibility index (Phi) is 7.37. The van der Waals surface area contributed by atoms with E-state index < -0.39 is 10.2 Å². The second-order valence-electron chi connectivity index (χ2n) is 6.56. The molecule has 1 saturated heterocycles. The third-order valence-electron chi connectivity index (χ3n) is 4.00.